The molecule has 3 nitrogen and oxygen atoms in total. The molecule has 4 heteroatoms. The van der Waals surface area contributed by atoms with Crippen molar-refractivity contribution in [2.24, 2.45) is 0 Å². The standard InChI is InChI=1S/C21H17NO2S/c1-3-7-13(8-4-2)25-17-12-11-16(22)18-19(17)21(24)15-10-6-5-9-14(15)20(18)23/h3-12H,1,22H2,2H3/b8-4-,13-7+. The third-order valence-corrected chi connectivity index (χ3v) is 4.98. The first-order chi connectivity index (χ1) is 12.1. The average Bonchev–Trinajstić information content (AvgIpc) is 2.61. The van der Waals surface area contributed by atoms with Crippen molar-refractivity contribution in [1.82, 2.24) is 0 Å². The summed E-state index contributed by atoms with van der Waals surface area (Å²) in [5.74, 6) is -0.371. The number of allylic oxidation sites excluding steroid dienone is 4. The van der Waals surface area contributed by atoms with Crippen molar-refractivity contribution in [1.29, 1.82) is 0 Å². The van der Waals surface area contributed by atoms with E-state index in [1.807, 2.05) is 25.2 Å². The first-order valence-electron chi connectivity index (χ1n) is 7.82. The summed E-state index contributed by atoms with van der Waals surface area (Å²) in [6.45, 7) is 5.64. The van der Waals surface area contributed by atoms with E-state index in [9.17, 15) is 9.59 Å². The Kier molecular flexibility index (Phi) is 4.72. The van der Waals surface area contributed by atoms with Gasteiger partial charge in [0.05, 0.1) is 5.56 Å². The molecule has 0 amide bonds. The second-order valence-electron chi connectivity index (χ2n) is 5.51. The molecule has 3 rings (SSSR count). The Labute approximate surface area is 150 Å². The number of anilines is 1. The maximum atomic E-state index is 13.0. The highest BCUT2D eigenvalue weighted by atomic mass is 32.2. The third-order valence-electron chi connectivity index (χ3n) is 3.91. The van der Waals surface area contributed by atoms with E-state index in [-0.39, 0.29) is 11.6 Å². The third kappa shape index (κ3) is 2.96. The van der Waals surface area contributed by atoms with Crippen LogP contribution >= 0.6 is 11.8 Å². The Morgan fingerprint density at radius 2 is 1.68 bits per heavy atom. The zero-order valence-electron chi connectivity index (χ0n) is 13.8. The number of nitrogens with two attached hydrogens (primary N) is 1. The normalized spacial score (nSPS) is 13.7. The van der Waals surface area contributed by atoms with Crippen LogP contribution in [0.25, 0.3) is 0 Å². The van der Waals surface area contributed by atoms with Crippen LogP contribution in [0.5, 0.6) is 0 Å². The van der Waals surface area contributed by atoms with E-state index >= 15 is 0 Å². The molecule has 25 heavy (non-hydrogen) atoms. The molecule has 0 heterocycles. The summed E-state index contributed by atoms with van der Waals surface area (Å²) in [5.41, 5.74) is 7.88. The Bertz CT molecular complexity index is 954. The van der Waals surface area contributed by atoms with Gasteiger partial charge in [0.2, 0.25) is 0 Å². The molecule has 0 saturated heterocycles. The fraction of sp³-hybridized carbons (Fsp3) is 0.0476. The van der Waals surface area contributed by atoms with Crippen molar-refractivity contribution in [2.75, 3.05) is 5.73 Å². The minimum absolute atomic E-state index is 0.168. The van der Waals surface area contributed by atoms with Crippen molar-refractivity contribution in [3.05, 3.63) is 94.4 Å². The lowest BCUT2D eigenvalue weighted by molar-refractivity contribution is 0.0977. The van der Waals surface area contributed by atoms with Crippen LogP contribution in [0.4, 0.5) is 5.69 Å². The summed E-state index contributed by atoms with van der Waals surface area (Å²) in [6.07, 6.45) is 7.39. The molecule has 124 valence electrons. The van der Waals surface area contributed by atoms with E-state index in [2.05, 4.69) is 6.58 Å². The lowest BCUT2D eigenvalue weighted by atomic mass is 9.83. The van der Waals surface area contributed by atoms with Crippen molar-refractivity contribution in [3.8, 4) is 0 Å². The minimum Gasteiger partial charge on any atom is -0.398 e. The summed E-state index contributed by atoms with van der Waals surface area (Å²) in [4.78, 5) is 27.6. The topological polar surface area (TPSA) is 60.2 Å². The van der Waals surface area contributed by atoms with Gasteiger partial charge in [-0.15, -0.1) is 0 Å². The number of nitrogen functional groups attached to an aromatic ring is 1. The Morgan fingerprint density at radius 3 is 2.28 bits per heavy atom. The molecule has 0 aromatic heterocycles. The van der Waals surface area contributed by atoms with Crippen LogP contribution < -0.4 is 5.73 Å². The van der Waals surface area contributed by atoms with Crippen LogP contribution in [0.2, 0.25) is 0 Å². The van der Waals surface area contributed by atoms with Gasteiger partial charge in [-0.3, -0.25) is 9.59 Å². The number of benzene rings is 2. The van der Waals surface area contributed by atoms with Gasteiger partial charge in [-0.05, 0) is 25.1 Å². The fourth-order valence-electron chi connectivity index (χ4n) is 2.83. The number of fused-ring (bicyclic) bond motifs is 2. The second-order valence-corrected chi connectivity index (χ2v) is 6.63. The molecule has 2 aromatic rings. The van der Waals surface area contributed by atoms with E-state index in [1.165, 1.54) is 11.8 Å². The number of hydrogen-bond acceptors (Lipinski definition) is 4. The Morgan fingerprint density at radius 1 is 1.04 bits per heavy atom. The van der Waals surface area contributed by atoms with E-state index in [4.69, 9.17) is 5.73 Å². The number of thioether (sulfide) groups is 1. The van der Waals surface area contributed by atoms with Gasteiger partial charge in [0.15, 0.2) is 11.6 Å². The molecule has 0 bridgehead atoms. The molecule has 0 atom stereocenters. The van der Waals surface area contributed by atoms with Gasteiger partial charge in [0.25, 0.3) is 0 Å². The van der Waals surface area contributed by atoms with Gasteiger partial charge in [-0.25, -0.2) is 0 Å². The lowest BCUT2D eigenvalue weighted by Gasteiger charge is -2.21. The number of hydrogen-bond donors (Lipinski definition) is 1. The average molecular weight is 347 g/mol. The fourth-order valence-corrected chi connectivity index (χ4v) is 3.89. The highest BCUT2D eigenvalue weighted by Crippen LogP contribution is 2.39. The SMILES string of the molecule is C=C/C=C(\C=C/C)Sc1ccc(N)c2c1C(=O)c1ccccc1C2=O. The highest BCUT2D eigenvalue weighted by molar-refractivity contribution is 8.03. The molecule has 2 aromatic carbocycles. The molecule has 0 spiro atoms. The van der Waals surface area contributed by atoms with Crippen molar-refractivity contribution < 1.29 is 9.59 Å². The molecule has 0 radical (unpaired) electrons. The van der Waals surface area contributed by atoms with E-state index < -0.39 is 0 Å². The number of ketones is 2. The molecule has 1 aliphatic carbocycles. The predicted octanol–water partition coefficient (Wildman–Crippen LogP) is 4.78. The smallest absolute Gasteiger partial charge is 0.196 e. The molecule has 0 unspecified atom stereocenters. The van der Waals surface area contributed by atoms with Gasteiger partial charge in [-0.2, -0.15) is 0 Å². The van der Waals surface area contributed by atoms with Crippen molar-refractivity contribution in [2.45, 2.75) is 11.8 Å². The number of rotatable bonds is 4. The van der Waals surface area contributed by atoms with Gasteiger partial charge >= 0.3 is 0 Å². The maximum Gasteiger partial charge on any atom is 0.196 e. The maximum absolute atomic E-state index is 13.0. The summed E-state index contributed by atoms with van der Waals surface area (Å²) < 4.78 is 0. The summed E-state index contributed by atoms with van der Waals surface area (Å²) in [7, 11) is 0. The molecule has 1 aliphatic rings. The van der Waals surface area contributed by atoms with E-state index in [0.717, 1.165) is 4.91 Å². The molecule has 0 saturated carbocycles. The highest BCUT2D eigenvalue weighted by Gasteiger charge is 2.33. The number of carbonyl (C=O) groups excluding carboxylic acids is 2. The zero-order valence-corrected chi connectivity index (χ0v) is 14.6. The second kappa shape index (κ2) is 6.95. The van der Waals surface area contributed by atoms with E-state index in [0.29, 0.717) is 32.8 Å². The van der Waals surface area contributed by atoms with Gasteiger partial charge < -0.3 is 5.73 Å². The van der Waals surface area contributed by atoms with Crippen LogP contribution in [0, 0.1) is 0 Å². The van der Waals surface area contributed by atoms with Crippen molar-refractivity contribution >= 4 is 29.0 Å². The van der Waals surface area contributed by atoms with E-state index in [1.54, 1.807) is 42.5 Å². The van der Waals surface area contributed by atoms with Crippen LogP contribution in [0.3, 0.4) is 0 Å². The molecule has 2 N–H and O–H groups in total. The van der Waals surface area contributed by atoms with Crippen molar-refractivity contribution in [3.63, 3.8) is 0 Å². The lowest BCUT2D eigenvalue weighted by Crippen LogP contribution is -2.23. The van der Waals surface area contributed by atoms with Crippen LogP contribution in [0.1, 0.15) is 38.8 Å². The Balaban J connectivity index is 2.20. The monoisotopic (exact) mass is 347 g/mol. The summed E-state index contributed by atoms with van der Waals surface area (Å²) >= 11 is 1.42. The zero-order chi connectivity index (χ0) is 18.0. The van der Waals surface area contributed by atoms with Gasteiger partial charge in [0, 0.05) is 32.2 Å². The first-order valence-corrected chi connectivity index (χ1v) is 8.64. The quantitative estimate of drug-likeness (QED) is 0.419. The van der Waals surface area contributed by atoms with Gasteiger partial charge in [0.1, 0.15) is 0 Å². The Hall–Kier alpha value is -2.85. The van der Waals surface area contributed by atoms with Crippen LogP contribution in [0.15, 0.2) is 77.1 Å². The molecular formula is C21H17NO2S. The molecule has 0 fully saturated rings. The molecular weight excluding hydrogens is 330 g/mol. The predicted molar refractivity (Wildman–Crippen MR) is 103 cm³/mol. The largest absolute Gasteiger partial charge is 0.398 e. The van der Waals surface area contributed by atoms with Crippen LogP contribution in [-0.2, 0) is 0 Å². The summed E-state index contributed by atoms with van der Waals surface area (Å²) in [5, 5.41) is 0. The summed E-state index contributed by atoms with van der Waals surface area (Å²) in [6, 6.07) is 10.3. The molecule has 0 aliphatic heterocycles. The van der Waals surface area contributed by atoms with Gasteiger partial charge in [-0.1, -0.05) is 60.8 Å². The van der Waals surface area contributed by atoms with Crippen LogP contribution in [-0.4, -0.2) is 11.6 Å². The first kappa shape index (κ1) is 17.0. The minimum atomic E-state index is -0.203. The number of carbonyl (C=O) groups is 2.